The number of carbonyl (C=O) groups is 5. The predicted molar refractivity (Wildman–Crippen MR) is 383 cm³/mol. The van der Waals surface area contributed by atoms with E-state index in [9.17, 15) is 39.3 Å². The van der Waals surface area contributed by atoms with Crippen molar-refractivity contribution in [2.75, 3.05) is 41.0 Å². The van der Waals surface area contributed by atoms with Gasteiger partial charge >= 0.3 is 23.9 Å². The Morgan fingerprint density at radius 1 is 0.388 bits per heavy atom. The topological polar surface area (TPSA) is 250 Å². The molecule has 0 aliphatic heterocycles. The smallest absolute Gasteiger partial charge is 0.343 e. The van der Waals surface area contributed by atoms with E-state index in [0.717, 1.165) is 11.1 Å². The SMILES string of the molecule is CC(C)(C)c1cc(O)ccc1[OH2+].CC(C)(C)c1cc(OC(=O)c2ccc(O)cc2)ccc1OC(=O)c1ccc(O)cc1.CCN(CC)CC.COc1ccc(C(=O)Cl)cc1.COc1ccc(C(=O)Oc2ccc(OC(=O)c3ccc(OC)cc3)c(C(C)(C)C)c2)cc1.c1ccncc1. The summed E-state index contributed by atoms with van der Waals surface area (Å²) in [6.07, 6.45) is 3.50. The third kappa shape index (κ3) is 26.8. The zero-order valence-corrected chi connectivity index (χ0v) is 59.0. The van der Waals surface area contributed by atoms with Crippen molar-refractivity contribution < 1.29 is 77.6 Å². The van der Waals surface area contributed by atoms with Crippen molar-refractivity contribution in [1.82, 2.24) is 9.88 Å². The summed E-state index contributed by atoms with van der Waals surface area (Å²) in [5.74, 6) is 2.18. The first kappa shape index (κ1) is 79.7. The maximum Gasteiger partial charge on any atom is 0.343 e. The molecule has 0 amide bonds. The van der Waals surface area contributed by atoms with Crippen LogP contribution in [-0.2, 0) is 16.2 Å². The van der Waals surface area contributed by atoms with Crippen molar-refractivity contribution in [3.8, 4) is 63.2 Å². The maximum absolute atomic E-state index is 12.6. The maximum atomic E-state index is 12.6. The van der Waals surface area contributed by atoms with E-state index in [1.165, 1.54) is 74.2 Å². The van der Waals surface area contributed by atoms with Crippen molar-refractivity contribution in [1.29, 1.82) is 0 Å². The number of methoxy groups -OCH3 is 3. The molecule has 0 saturated carbocycles. The van der Waals surface area contributed by atoms with Crippen molar-refractivity contribution in [2.24, 2.45) is 0 Å². The summed E-state index contributed by atoms with van der Waals surface area (Å²) < 4.78 is 37.3. The molecule has 5 N–H and O–H groups in total. The van der Waals surface area contributed by atoms with Crippen LogP contribution in [0.25, 0.3) is 0 Å². The molecule has 0 aliphatic rings. The van der Waals surface area contributed by atoms with Gasteiger partial charge in [0.05, 0.1) is 49.1 Å². The number of pyridine rings is 1. The van der Waals surface area contributed by atoms with Crippen LogP contribution >= 0.6 is 11.6 Å². The van der Waals surface area contributed by atoms with Crippen LogP contribution in [0.4, 0.5) is 0 Å². The number of hydrogen-bond donors (Lipinski definition) is 3. The molecule has 18 nitrogen and oxygen atoms in total. The van der Waals surface area contributed by atoms with Gasteiger partial charge in [0.1, 0.15) is 57.5 Å². The molecule has 0 unspecified atom stereocenters. The lowest BCUT2D eigenvalue weighted by molar-refractivity contribution is 0.0716. The molecule has 19 heteroatoms. The van der Waals surface area contributed by atoms with Gasteiger partial charge in [-0.3, -0.25) is 9.78 Å². The van der Waals surface area contributed by atoms with Crippen molar-refractivity contribution >= 4 is 40.7 Å². The number of esters is 4. The average molecular weight is 1360 g/mol. The highest BCUT2D eigenvalue weighted by Crippen LogP contribution is 2.38. The third-order valence-electron chi connectivity index (χ3n) is 14.2. The van der Waals surface area contributed by atoms with Gasteiger partial charge in [0.25, 0.3) is 11.0 Å². The van der Waals surface area contributed by atoms with Gasteiger partial charge in [0.15, 0.2) is 0 Å². The predicted octanol–water partition coefficient (Wildman–Crippen LogP) is 16.9. The Kier molecular flexibility index (Phi) is 31.5. The molecule has 8 aromatic carbocycles. The second-order valence-electron chi connectivity index (χ2n) is 24.6. The van der Waals surface area contributed by atoms with Gasteiger partial charge in [0.2, 0.25) is 0 Å². The Morgan fingerprint density at radius 2 is 0.684 bits per heavy atom. The summed E-state index contributed by atoms with van der Waals surface area (Å²) in [5, 5.41) is 35.1. The Labute approximate surface area is 579 Å². The third-order valence-corrected chi connectivity index (χ3v) is 14.5. The Balaban J connectivity index is 0.000000279. The van der Waals surface area contributed by atoms with E-state index in [4.69, 9.17) is 49.9 Å². The highest BCUT2D eigenvalue weighted by Gasteiger charge is 2.26. The molecule has 0 saturated heterocycles. The Morgan fingerprint density at radius 3 is 0.939 bits per heavy atom. The molecule has 1 heterocycles. The standard InChI is InChI=1S/C26H26O6.C24H22O6.C10H14O2.C8H7ClO2.C6H15N.C5H5N/c1-26(2,3)22-16-21(31-24(27)17-6-10-19(29-4)11-7-17)14-15-23(22)32-25(28)18-8-12-20(30-5)13-9-18;1-24(2,3)20-14-19(29-22(27)15-4-8-17(25)9-5-15)12-13-21(20)30-23(28)16-6-10-18(26)11-7-16;1-10(2,3)8-6-7(11)4-5-9(8)12;1-11-7-4-2-6(3-5-7)8(9)10;1-4-7(5-2)6-3;1-2-4-6-5-3-1/h6-16H,1-5H3;4-14,25-26H,1-3H3;4-6,11-12H,1-3H3;2-5H,1H3;4-6H2,1-3H3;1-5H/p+1. The summed E-state index contributed by atoms with van der Waals surface area (Å²) in [6, 6.07) is 51.8. The van der Waals surface area contributed by atoms with Crippen LogP contribution in [-0.4, -0.2) is 100 Å². The van der Waals surface area contributed by atoms with Crippen LogP contribution < -0.4 is 33.2 Å². The van der Waals surface area contributed by atoms with Gasteiger partial charge in [-0.25, -0.2) is 19.2 Å². The number of aromatic nitrogens is 1. The highest BCUT2D eigenvalue weighted by molar-refractivity contribution is 6.67. The van der Waals surface area contributed by atoms with E-state index in [1.807, 2.05) is 80.5 Å². The van der Waals surface area contributed by atoms with Crippen LogP contribution in [0.15, 0.2) is 207 Å². The fourth-order valence-electron chi connectivity index (χ4n) is 8.65. The summed E-state index contributed by atoms with van der Waals surface area (Å²) in [4.78, 5) is 66.7. The fraction of sp³-hybridized carbons (Fsp3) is 0.266. The molecule has 9 rings (SSSR count). The first-order valence-electron chi connectivity index (χ1n) is 31.3. The van der Waals surface area contributed by atoms with Crippen LogP contribution in [0.1, 0.15) is 152 Å². The van der Waals surface area contributed by atoms with Crippen LogP contribution in [0, 0.1) is 0 Å². The van der Waals surface area contributed by atoms with Gasteiger partial charge in [0, 0.05) is 35.2 Å². The van der Waals surface area contributed by atoms with Crippen molar-refractivity contribution in [2.45, 2.75) is 99.3 Å². The zero-order chi connectivity index (χ0) is 72.8. The van der Waals surface area contributed by atoms with E-state index in [0.29, 0.717) is 79.4 Å². The monoisotopic (exact) mass is 1360 g/mol. The number of benzene rings is 8. The Bertz CT molecular complexity index is 3920. The molecule has 9 aromatic rings. The lowest BCUT2D eigenvalue weighted by atomic mass is 9.86. The quantitative estimate of drug-likeness (QED) is 0.0373. The molecular weight excluding hydrogens is 1270 g/mol. The second kappa shape index (κ2) is 38.8. The minimum atomic E-state index is -0.566. The molecule has 0 atom stereocenters. The molecule has 0 bridgehead atoms. The zero-order valence-electron chi connectivity index (χ0n) is 58.3. The molecule has 518 valence electrons. The normalized spacial score (nSPS) is 10.6. The average Bonchev–Trinajstić information content (AvgIpc) is 0.815. The highest BCUT2D eigenvalue weighted by atomic mass is 35.5. The van der Waals surface area contributed by atoms with Gasteiger partial charge < -0.3 is 58.5 Å². The van der Waals surface area contributed by atoms with E-state index in [2.05, 4.69) is 30.7 Å². The number of phenolic OH excluding ortho intramolecular Hbond substituents is 3. The van der Waals surface area contributed by atoms with Gasteiger partial charge in [-0.05, 0) is 229 Å². The van der Waals surface area contributed by atoms with E-state index < -0.39 is 34.5 Å². The summed E-state index contributed by atoms with van der Waals surface area (Å²) in [5.41, 5.74) is 3.35. The summed E-state index contributed by atoms with van der Waals surface area (Å²) in [7, 11) is 4.69. The van der Waals surface area contributed by atoms with Gasteiger partial charge in [-0.2, -0.15) is 0 Å². The number of phenols is 3. The number of nitrogens with zero attached hydrogens (tertiary/aromatic N) is 2. The lowest BCUT2D eigenvalue weighted by Gasteiger charge is -2.23. The molecular formula is C79H90ClN2O16+. The molecule has 98 heavy (non-hydrogen) atoms. The largest absolute Gasteiger partial charge is 0.593 e. The van der Waals surface area contributed by atoms with Crippen molar-refractivity contribution in [3.63, 3.8) is 0 Å². The number of hydrogen-bond acceptors (Lipinski definition) is 17. The fourth-order valence-corrected chi connectivity index (χ4v) is 8.78. The molecule has 0 aliphatic carbocycles. The number of halogens is 1. The molecule has 0 spiro atoms. The van der Waals surface area contributed by atoms with Gasteiger partial charge in [-0.15, -0.1) is 0 Å². The van der Waals surface area contributed by atoms with Crippen LogP contribution in [0.3, 0.4) is 0 Å². The van der Waals surface area contributed by atoms with Crippen LogP contribution in [0.5, 0.6) is 63.2 Å². The number of carbonyl (C=O) groups excluding carboxylic acids is 5. The van der Waals surface area contributed by atoms with Crippen molar-refractivity contribution in [3.05, 3.63) is 251 Å². The first-order valence-corrected chi connectivity index (χ1v) is 31.7. The summed E-state index contributed by atoms with van der Waals surface area (Å²) in [6.45, 7) is 28.0. The Hall–Kier alpha value is -10.7. The minimum Gasteiger partial charge on any atom is -0.593 e. The van der Waals surface area contributed by atoms with E-state index in [1.54, 1.807) is 155 Å². The number of ether oxygens (including phenoxy) is 7. The lowest BCUT2D eigenvalue weighted by Crippen LogP contribution is -2.21. The minimum absolute atomic E-state index is 0.0568. The van der Waals surface area contributed by atoms with Gasteiger partial charge in [-0.1, -0.05) is 89.2 Å². The molecule has 0 fully saturated rings. The van der Waals surface area contributed by atoms with E-state index in [-0.39, 0.29) is 28.1 Å². The number of rotatable bonds is 15. The first-order chi connectivity index (χ1) is 46.3. The second-order valence-corrected chi connectivity index (χ2v) is 24.9. The molecule has 0 radical (unpaired) electrons. The van der Waals surface area contributed by atoms with Crippen LogP contribution in [0.2, 0.25) is 0 Å². The molecule has 1 aromatic heterocycles. The van der Waals surface area contributed by atoms with E-state index >= 15 is 0 Å². The number of aromatic hydroxyl groups is 3. The summed E-state index contributed by atoms with van der Waals surface area (Å²) >= 11 is 5.22.